The van der Waals surface area contributed by atoms with E-state index in [4.69, 9.17) is 4.98 Å². The minimum Gasteiger partial charge on any atom is -0.378 e. The lowest BCUT2D eigenvalue weighted by atomic mass is 10.0. The first-order valence-electron chi connectivity index (χ1n) is 12.4. The van der Waals surface area contributed by atoms with E-state index < -0.39 is 17.8 Å². The molecule has 1 aliphatic heterocycles. The molecule has 5 aromatic rings. The largest absolute Gasteiger partial charge is 0.378 e. The fourth-order valence-electron chi connectivity index (χ4n) is 4.88. The van der Waals surface area contributed by atoms with Crippen molar-refractivity contribution < 1.29 is 14.3 Å². The van der Waals surface area contributed by atoms with Gasteiger partial charge in [0.15, 0.2) is 6.10 Å². The number of aryl methyl sites for hydroxylation is 1. The third kappa shape index (κ3) is 4.39. The summed E-state index contributed by atoms with van der Waals surface area (Å²) >= 11 is 0. The fraction of sp³-hybridized carbons (Fsp3) is 0.214. The zero-order chi connectivity index (χ0) is 26.2. The molecule has 1 aromatic carbocycles. The maximum absolute atomic E-state index is 14.0. The normalized spacial score (nSPS) is 14.7. The number of hydrogen-bond donors (Lipinski definition) is 1. The Morgan fingerprint density at radius 1 is 0.947 bits per heavy atom. The van der Waals surface area contributed by atoms with Gasteiger partial charge in [-0.2, -0.15) is 10.2 Å². The molecule has 5 heterocycles. The molecule has 1 fully saturated rings. The van der Waals surface area contributed by atoms with Gasteiger partial charge in [0.2, 0.25) is 0 Å². The number of carbonyl (C=O) groups is 1. The highest BCUT2D eigenvalue weighted by Crippen LogP contribution is 2.31. The Balaban J connectivity index is 1.17. The molecule has 9 nitrogen and oxygen atoms in total. The molecule has 0 radical (unpaired) electrons. The number of rotatable bonds is 5. The van der Waals surface area contributed by atoms with Crippen LogP contribution in [0.2, 0.25) is 0 Å². The van der Waals surface area contributed by atoms with E-state index in [9.17, 15) is 14.3 Å². The molecule has 192 valence electrons. The van der Waals surface area contributed by atoms with Gasteiger partial charge in [-0.05, 0) is 30.3 Å². The molecular formula is C28H26FN7O2. The van der Waals surface area contributed by atoms with Gasteiger partial charge in [0.05, 0.1) is 11.7 Å². The zero-order valence-corrected chi connectivity index (χ0v) is 20.8. The third-order valence-corrected chi connectivity index (χ3v) is 6.95. The number of nitrogens with zero attached hydrogens (tertiary/aromatic N) is 7. The topological polar surface area (TPSA) is 91.8 Å². The number of benzene rings is 1. The van der Waals surface area contributed by atoms with Crippen LogP contribution >= 0.6 is 0 Å². The van der Waals surface area contributed by atoms with E-state index >= 15 is 0 Å². The second-order valence-corrected chi connectivity index (χ2v) is 9.35. The van der Waals surface area contributed by atoms with Crippen molar-refractivity contribution in [1.29, 1.82) is 0 Å². The Labute approximate surface area is 218 Å². The Morgan fingerprint density at radius 3 is 2.47 bits per heavy atom. The Hall–Kier alpha value is -4.57. The predicted octanol–water partition coefficient (Wildman–Crippen LogP) is 3.32. The Morgan fingerprint density at radius 2 is 1.76 bits per heavy atom. The van der Waals surface area contributed by atoms with Crippen molar-refractivity contribution in [3.63, 3.8) is 0 Å². The first kappa shape index (κ1) is 23.8. The third-order valence-electron chi connectivity index (χ3n) is 6.95. The van der Waals surface area contributed by atoms with Gasteiger partial charge in [-0.15, -0.1) is 0 Å². The number of halogens is 1. The molecule has 0 saturated carbocycles. The molecule has 1 unspecified atom stereocenters. The van der Waals surface area contributed by atoms with E-state index in [1.807, 2.05) is 54.5 Å². The van der Waals surface area contributed by atoms with Crippen LogP contribution in [0.15, 0.2) is 79.5 Å². The molecule has 0 bridgehead atoms. The predicted molar refractivity (Wildman–Crippen MR) is 141 cm³/mol. The second-order valence-electron chi connectivity index (χ2n) is 9.35. The first-order valence-corrected chi connectivity index (χ1v) is 12.4. The van der Waals surface area contributed by atoms with Crippen molar-refractivity contribution in [2.24, 2.45) is 7.05 Å². The highest BCUT2D eigenvalue weighted by atomic mass is 19.1. The maximum atomic E-state index is 14.0. The lowest BCUT2D eigenvalue weighted by Gasteiger charge is -2.36. The molecule has 1 amide bonds. The summed E-state index contributed by atoms with van der Waals surface area (Å²) < 4.78 is 17.7. The lowest BCUT2D eigenvalue weighted by Crippen LogP contribution is -2.50. The number of piperazine rings is 1. The molecule has 0 spiro atoms. The van der Waals surface area contributed by atoms with Gasteiger partial charge in [0, 0.05) is 85.8 Å². The number of aliphatic hydroxyl groups is 1. The molecule has 6 rings (SSSR count). The highest BCUT2D eigenvalue weighted by molar-refractivity contribution is 5.84. The van der Waals surface area contributed by atoms with Gasteiger partial charge in [-0.25, -0.2) is 13.9 Å². The second kappa shape index (κ2) is 9.71. The number of amides is 1. The zero-order valence-electron chi connectivity index (χ0n) is 20.8. The minimum absolute atomic E-state index is 0.00271. The van der Waals surface area contributed by atoms with Gasteiger partial charge in [-0.3, -0.25) is 9.48 Å². The summed E-state index contributed by atoms with van der Waals surface area (Å²) in [6.45, 7) is 1.95. The number of carbonyl (C=O) groups excluding carboxylic acids is 1. The van der Waals surface area contributed by atoms with Crippen molar-refractivity contribution in [1.82, 2.24) is 29.3 Å². The molecule has 4 aromatic heterocycles. The summed E-state index contributed by atoms with van der Waals surface area (Å²) in [5.74, 6) is -0.268. The molecule has 1 saturated heterocycles. The maximum Gasteiger partial charge on any atom is 0.256 e. The van der Waals surface area contributed by atoms with Gasteiger partial charge >= 0.3 is 0 Å². The summed E-state index contributed by atoms with van der Waals surface area (Å²) in [5.41, 5.74) is 4.96. The minimum atomic E-state index is -1.51. The van der Waals surface area contributed by atoms with E-state index in [2.05, 4.69) is 21.2 Å². The van der Waals surface area contributed by atoms with Gasteiger partial charge in [0.25, 0.3) is 5.91 Å². The standard InChI is InChI=1S/C28H26FN7O2/c1-33-17-21(16-32-33)20-14-23(25-8-9-31-36(25)18-20)19-6-7-26(30-15-19)34-10-12-35(13-11-34)28(38)27(37)22-4-2-3-5-24(22)29/h2-9,14-18,27,37H,10-13H2,1H3. The molecule has 10 heteroatoms. The van der Waals surface area contributed by atoms with Crippen LogP contribution in [0.3, 0.4) is 0 Å². The quantitative estimate of drug-likeness (QED) is 0.389. The van der Waals surface area contributed by atoms with Gasteiger partial charge in [0.1, 0.15) is 11.6 Å². The van der Waals surface area contributed by atoms with E-state index in [1.54, 1.807) is 21.8 Å². The van der Waals surface area contributed by atoms with Crippen LogP contribution < -0.4 is 4.90 Å². The van der Waals surface area contributed by atoms with Crippen LogP contribution in [0, 0.1) is 5.82 Å². The molecule has 1 N–H and O–H groups in total. The number of fused-ring (bicyclic) bond motifs is 1. The lowest BCUT2D eigenvalue weighted by molar-refractivity contribution is -0.141. The summed E-state index contributed by atoms with van der Waals surface area (Å²) in [6, 6.07) is 13.9. The number of aromatic nitrogens is 5. The van der Waals surface area contributed by atoms with Crippen molar-refractivity contribution >= 4 is 17.2 Å². The van der Waals surface area contributed by atoms with Crippen molar-refractivity contribution in [3.8, 4) is 22.3 Å². The molecule has 1 aliphatic rings. The summed E-state index contributed by atoms with van der Waals surface area (Å²) in [6.07, 6.45) is 7.90. The van der Waals surface area contributed by atoms with E-state index in [1.165, 1.54) is 18.2 Å². The van der Waals surface area contributed by atoms with Crippen molar-refractivity contribution in [2.75, 3.05) is 31.1 Å². The van der Waals surface area contributed by atoms with Crippen LogP contribution in [0.4, 0.5) is 10.2 Å². The average molecular weight is 512 g/mol. The summed E-state index contributed by atoms with van der Waals surface area (Å²) in [5, 5.41) is 19.2. The van der Waals surface area contributed by atoms with Crippen molar-refractivity contribution in [3.05, 3.63) is 90.9 Å². The van der Waals surface area contributed by atoms with Crippen LogP contribution in [0.1, 0.15) is 11.7 Å². The van der Waals surface area contributed by atoms with Crippen LogP contribution in [0.5, 0.6) is 0 Å². The SMILES string of the molecule is Cn1cc(-c2cc(-c3ccc(N4CCN(C(=O)C(O)c5ccccc5F)CC4)nc3)c3ccnn3c2)cn1. The van der Waals surface area contributed by atoms with Crippen molar-refractivity contribution in [2.45, 2.75) is 6.10 Å². The molecule has 1 atom stereocenters. The molecular weight excluding hydrogens is 485 g/mol. The summed E-state index contributed by atoms with van der Waals surface area (Å²) in [7, 11) is 1.89. The summed E-state index contributed by atoms with van der Waals surface area (Å²) in [4.78, 5) is 21.2. The fourth-order valence-corrected chi connectivity index (χ4v) is 4.88. The van der Waals surface area contributed by atoms with E-state index in [0.29, 0.717) is 26.2 Å². The number of pyridine rings is 2. The molecule has 38 heavy (non-hydrogen) atoms. The number of aliphatic hydroxyl groups excluding tert-OH is 1. The monoisotopic (exact) mass is 511 g/mol. The van der Waals surface area contributed by atoms with E-state index in [0.717, 1.165) is 33.6 Å². The number of anilines is 1. The van der Waals surface area contributed by atoms with Crippen LogP contribution in [-0.4, -0.2) is 66.5 Å². The highest BCUT2D eigenvalue weighted by Gasteiger charge is 2.29. The van der Waals surface area contributed by atoms with Crippen LogP contribution in [0.25, 0.3) is 27.8 Å². The Kier molecular flexibility index (Phi) is 6.09. The molecule has 0 aliphatic carbocycles. The Bertz CT molecular complexity index is 1600. The van der Waals surface area contributed by atoms with Crippen LogP contribution in [-0.2, 0) is 11.8 Å². The first-order chi connectivity index (χ1) is 18.5. The van der Waals surface area contributed by atoms with E-state index in [-0.39, 0.29) is 5.56 Å². The van der Waals surface area contributed by atoms with Gasteiger partial charge in [-0.1, -0.05) is 18.2 Å². The van der Waals surface area contributed by atoms with Gasteiger partial charge < -0.3 is 14.9 Å². The average Bonchev–Trinajstić information content (AvgIpc) is 3.61. The smallest absolute Gasteiger partial charge is 0.256 e. The number of hydrogen-bond acceptors (Lipinski definition) is 6.